The van der Waals surface area contributed by atoms with Crippen LogP contribution in [-0.2, 0) is 0 Å². The maximum atomic E-state index is 12.3. The summed E-state index contributed by atoms with van der Waals surface area (Å²) in [5, 5.41) is 11.5. The number of nitrogens with zero attached hydrogens (tertiary/aromatic N) is 3. The third-order valence-corrected chi connectivity index (χ3v) is 3.28. The number of hydrogen-bond acceptors (Lipinski definition) is 5. The van der Waals surface area contributed by atoms with Gasteiger partial charge in [-0.3, -0.25) is 24.8 Å². The van der Waals surface area contributed by atoms with Crippen LogP contribution < -0.4 is 0 Å². The van der Waals surface area contributed by atoms with Gasteiger partial charge >= 0.3 is 0 Å². The van der Waals surface area contributed by atoms with E-state index in [-0.39, 0.29) is 17.2 Å². The van der Waals surface area contributed by atoms with E-state index < -0.39 is 4.92 Å². The maximum Gasteiger partial charge on any atom is 0.282 e. The molecule has 7 heteroatoms. The van der Waals surface area contributed by atoms with E-state index in [2.05, 4.69) is 4.99 Å². The van der Waals surface area contributed by atoms with Gasteiger partial charge in [0.2, 0.25) is 0 Å². The molecule has 1 aromatic carbocycles. The van der Waals surface area contributed by atoms with Crippen molar-refractivity contribution in [3.05, 3.63) is 39.9 Å². The fraction of sp³-hybridized carbons (Fsp3) is 0.273. The monoisotopic (exact) mass is 265 g/mol. The molecule has 1 heterocycles. The minimum Gasteiger partial charge on any atom is -0.285 e. The van der Waals surface area contributed by atoms with Crippen LogP contribution in [0.3, 0.4) is 0 Å². The Bertz CT molecular complexity index is 530. The number of hydrogen-bond donors (Lipinski definition) is 0. The molecule has 0 saturated carbocycles. The van der Waals surface area contributed by atoms with Crippen molar-refractivity contribution in [3.8, 4) is 0 Å². The van der Waals surface area contributed by atoms with Gasteiger partial charge in [0.05, 0.1) is 11.5 Å². The van der Waals surface area contributed by atoms with Crippen LogP contribution in [0.4, 0.5) is 5.69 Å². The van der Waals surface area contributed by atoms with E-state index in [0.717, 1.165) is 0 Å². The highest BCUT2D eigenvalue weighted by Gasteiger charge is 2.28. The Labute approximate surface area is 108 Å². The van der Waals surface area contributed by atoms with Gasteiger partial charge in [0.15, 0.2) is 5.17 Å². The molecule has 6 nitrogen and oxygen atoms in total. The van der Waals surface area contributed by atoms with Crippen molar-refractivity contribution >= 4 is 28.5 Å². The molecule has 0 spiro atoms. The molecular weight excluding hydrogens is 254 g/mol. The normalized spacial score (nSPS) is 14.5. The van der Waals surface area contributed by atoms with Crippen molar-refractivity contribution in [1.82, 2.24) is 4.90 Å². The topological polar surface area (TPSA) is 75.8 Å². The molecule has 0 saturated heterocycles. The zero-order valence-electron chi connectivity index (χ0n) is 9.70. The molecule has 0 N–H and O–H groups in total. The summed E-state index contributed by atoms with van der Waals surface area (Å²) in [7, 11) is 0. The molecule has 1 amide bonds. The standard InChI is InChI=1S/C11H11N3O3S/c1-18-11-12-6-7-13(11)10(15)8-4-2-3-5-9(8)14(16)17/h2-5H,6-7H2,1H3. The van der Waals surface area contributed by atoms with Crippen LogP contribution in [0.5, 0.6) is 0 Å². The lowest BCUT2D eigenvalue weighted by Gasteiger charge is -2.16. The largest absolute Gasteiger partial charge is 0.285 e. The van der Waals surface area contributed by atoms with Crippen LogP contribution in [0.15, 0.2) is 29.3 Å². The number of thioether (sulfide) groups is 1. The van der Waals surface area contributed by atoms with Crippen molar-refractivity contribution in [1.29, 1.82) is 0 Å². The van der Waals surface area contributed by atoms with Crippen molar-refractivity contribution in [2.75, 3.05) is 19.3 Å². The lowest BCUT2D eigenvalue weighted by atomic mass is 10.1. The number of amides is 1. The first-order valence-corrected chi connectivity index (χ1v) is 6.51. The highest BCUT2D eigenvalue weighted by atomic mass is 32.2. The predicted molar refractivity (Wildman–Crippen MR) is 69.9 cm³/mol. The number of carbonyl (C=O) groups is 1. The summed E-state index contributed by atoms with van der Waals surface area (Å²) in [6, 6.07) is 5.96. The second-order valence-corrected chi connectivity index (χ2v) is 4.37. The summed E-state index contributed by atoms with van der Waals surface area (Å²) in [6.07, 6.45) is 1.82. The fourth-order valence-corrected chi connectivity index (χ4v) is 2.36. The molecule has 0 aromatic heterocycles. The van der Waals surface area contributed by atoms with E-state index in [4.69, 9.17) is 0 Å². The van der Waals surface area contributed by atoms with Crippen LogP contribution in [-0.4, -0.2) is 40.2 Å². The highest BCUT2D eigenvalue weighted by molar-refractivity contribution is 8.13. The summed E-state index contributed by atoms with van der Waals surface area (Å²) in [5.74, 6) is -0.368. The number of rotatable bonds is 2. The Hall–Kier alpha value is -1.89. The predicted octanol–water partition coefficient (Wildman–Crippen LogP) is 1.77. The van der Waals surface area contributed by atoms with Gasteiger partial charge in [-0.2, -0.15) is 0 Å². The third-order valence-electron chi connectivity index (χ3n) is 2.56. The zero-order valence-corrected chi connectivity index (χ0v) is 10.5. The van der Waals surface area contributed by atoms with Gasteiger partial charge in [-0.15, -0.1) is 0 Å². The van der Waals surface area contributed by atoms with E-state index in [1.807, 2.05) is 6.26 Å². The van der Waals surface area contributed by atoms with E-state index in [9.17, 15) is 14.9 Å². The quantitative estimate of drug-likeness (QED) is 0.603. The van der Waals surface area contributed by atoms with E-state index in [0.29, 0.717) is 18.3 Å². The Morgan fingerprint density at radius 3 is 2.89 bits per heavy atom. The first kappa shape index (κ1) is 12.6. The Morgan fingerprint density at radius 2 is 2.22 bits per heavy atom. The third kappa shape index (κ3) is 2.21. The summed E-state index contributed by atoms with van der Waals surface area (Å²) in [6.45, 7) is 1.02. The molecule has 2 rings (SSSR count). The number of para-hydroxylation sites is 1. The van der Waals surface area contributed by atoms with Gasteiger partial charge in [-0.1, -0.05) is 23.9 Å². The first-order valence-electron chi connectivity index (χ1n) is 5.29. The first-order chi connectivity index (χ1) is 8.65. The fourth-order valence-electron chi connectivity index (χ4n) is 1.75. The van der Waals surface area contributed by atoms with Gasteiger partial charge in [-0.25, -0.2) is 0 Å². The van der Waals surface area contributed by atoms with Crippen LogP contribution in [0.25, 0.3) is 0 Å². The second-order valence-electron chi connectivity index (χ2n) is 3.60. The number of amidine groups is 1. The number of nitro benzene ring substituents is 1. The van der Waals surface area contributed by atoms with Gasteiger partial charge in [0.1, 0.15) is 5.56 Å². The van der Waals surface area contributed by atoms with Crippen LogP contribution >= 0.6 is 11.8 Å². The van der Waals surface area contributed by atoms with E-state index in [1.165, 1.54) is 28.8 Å². The molecule has 0 fully saturated rings. The highest BCUT2D eigenvalue weighted by Crippen LogP contribution is 2.22. The average Bonchev–Trinajstić information content (AvgIpc) is 2.86. The molecule has 0 bridgehead atoms. The number of nitro groups is 1. The van der Waals surface area contributed by atoms with Gasteiger partial charge in [0, 0.05) is 12.6 Å². The molecule has 0 atom stereocenters. The minimum atomic E-state index is -0.542. The molecule has 0 unspecified atom stereocenters. The molecule has 1 aromatic rings. The van der Waals surface area contributed by atoms with Crippen molar-refractivity contribution < 1.29 is 9.72 Å². The Morgan fingerprint density at radius 1 is 1.50 bits per heavy atom. The molecule has 1 aliphatic rings. The van der Waals surface area contributed by atoms with Crippen molar-refractivity contribution in [2.24, 2.45) is 4.99 Å². The smallest absolute Gasteiger partial charge is 0.282 e. The van der Waals surface area contributed by atoms with Gasteiger partial charge in [-0.05, 0) is 12.3 Å². The molecule has 18 heavy (non-hydrogen) atoms. The molecule has 0 radical (unpaired) electrons. The summed E-state index contributed by atoms with van der Waals surface area (Å²) < 4.78 is 0. The second kappa shape index (κ2) is 5.18. The SMILES string of the molecule is CSC1=NCCN1C(=O)c1ccccc1[N+](=O)[O-]. The minimum absolute atomic E-state index is 0.103. The molecule has 94 valence electrons. The number of aliphatic imine (C=N–C) groups is 1. The van der Waals surface area contributed by atoms with E-state index >= 15 is 0 Å². The maximum absolute atomic E-state index is 12.3. The van der Waals surface area contributed by atoms with Gasteiger partial charge < -0.3 is 0 Å². The molecule has 0 aliphatic carbocycles. The van der Waals surface area contributed by atoms with Crippen LogP contribution in [0.2, 0.25) is 0 Å². The van der Waals surface area contributed by atoms with Crippen LogP contribution in [0.1, 0.15) is 10.4 Å². The number of carbonyl (C=O) groups excluding carboxylic acids is 1. The lowest BCUT2D eigenvalue weighted by Crippen LogP contribution is -2.33. The average molecular weight is 265 g/mol. The number of benzene rings is 1. The lowest BCUT2D eigenvalue weighted by molar-refractivity contribution is -0.385. The van der Waals surface area contributed by atoms with Crippen molar-refractivity contribution in [2.45, 2.75) is 0 Å². The van der Waals surface area contributed by atoms with Gasteiger partial charge in [0.25, 0.3) is 11.6 Å². The summed E-state index contributed by atoms with van der Waals surface area (Å²) >= 11 is 1.36. The summed E-state index contributed by atoms with van der Waals surface area (Å²) in [5.41, 5.74) is -0.0685. The van der Waals surface area contributed by atoms with Crippen molar-refractivity contribution in [3.63, 3.8) is 0 Å². The van der Waals surface area contributed by atoms with E-state index in [1.54, 1.807) is 12.1 Å². The molecular formula is C11H11N3O3S. The Balaban J connectivity index is 2.35. The van der Waals surface area contributed by atoms with Crippen LogP contribution in [0, 0.1) is 10.1 Å². The molecule has 1 aliphatic heterocycles. The zero-order chi connectivity index (χ0) is 13.1. The summed E-state index contributed by atoms with van der Waals surface area (Å²) in [4.78, 5) is 28.3. The Kier molecular flexibility index (Phi) is 3.61.